The topological polar surface area (TPSA) is 116 Å². The summed E-state index contributed by atoms with van der Waals surface area (Å²) in [7, 11) is 0. The lowest BCUT2D eigenvalue weighted by molar-refractivity contribution is -0.143. The smallest absolute Gasteiger partial charge is 0.326 e. The van der Waals surface area contributed by atoms with Crippen LogP contribution >= 0.6 is 23.2 Å². The molecule has 0 saturated carbocycles. The molecule has 0 unspecified atom stereocenters. The summed E-state index contributed by atoms with van der Waals surface area (Å²) in [5, 5.41) is 15.5. The van der Waals surface area contributed by atoms with E-state index >= 15 is 0 Å². The molecule has 10 heteroatoms. The van der Waals surface area contributed by atoms with Gasteiger partial charge < -0.3 is 20.6 Å². The highest BCUT2D eigenvalue weighted by Crippen LogP contribution is 2.26. The number of rotatable bonds is 9. The molecule has 3 N–H and O–H groups in total. The lowest BCUT2D eigenvalue weighted by Gasteiger charge is -2.26. The number of carbonyl (C=O) groups is 4. The van der Waals surface area contributed by atoms with Crippen molar-refractivity contribution in [2.24, 2.45) is 0 Å². The van der Waals surface area contributed by atoms with Crippen LogP contribution in [0.25, 0.3) is 0 Å². The first-order chi connectivity index (χ1) is 18.2. The van der Waals surface area contributed by atoms with E-state index in [-0.39, 0.29) is 40.9 Å². The van der Waals surface area contributed by atoms with Crippen molar-refractivity contribution in [3.05, 3.63) is 99.5 Å². The first kappa shape index (κ1) is 27.2. The van der Waals surface area contributed by atoms with E-state index in [0.717, 1.165) is 5.56 Å². The molecule has 1 fully saturated rings. The van der Waals surface area contributed by atoms with Crippen LogP contribution in [0, 0.1) is 0 Å². The molecule has 2 atom stereocenters. The van der Waals surface area contributed by atoms with Crippen molar-refractivity contribution in [2.75, 3.05) is 5.32 Å². The summed E-state index contributed by atoms with van der Waals surface area (Å²) in [6.45, 7) is 0.280. The maximum atomic E-state index is 13.0. The van der Waals surface area contributed by atoms with Crippen molar-refractivity contribution >= 4 is 52.6 Å². The maximum absolute atomic E-state index is 13.0. The summed E-state index contributed by atoms with van der Waals surface area (Å²) < 4.78 is 0. The predicted octanol–water partition coefficient (Wildman–Crippen LogP) is 4.55. The number of carboxylic acids is 1. The van der Waals surface area contributed by atoms with E-state index in [9.17, 15) is 24.3 Å². The largest absolute Gasteiger partial charge is 0.480 e. The van der Waals surface area contributed by atoms with Gasteiger partial charge in [0.25, 0.3) is 5.91 Å². The van der Waals surface area contributed by atoms with E-state index in [4.69, 9.17) is 23.2 Å². The summed E-state index contributed by atoms with van der Waals surface area (Å²) >= 11 is 12.2. The summed E-state index contributed by atoms with van der Waals surface area (Å²) in [6, 6.07) is 18.7. The molecule has 0 aliphatic carbocycles. The minimum atomic E-state index is -1.20. The Balaban J connectivity index is 1.39. The van der Waals surface area contributed by atoms with Gasteiger partial charge in [-0.25, -0.2) is 4.79 Å². The molecule has 0 aromatic heterocycles. The van der Waals surface area contributed by atoms with Gasteiger partial charge in [-0.1, -0.05) is 71.7 Å². The quantitative estimate of drug-likeness (QED) is 0.359. The van der Waals surface area contributed by atoms with E-state index in [1.165, 1.54) is 4.90 Å². The average Bonchev–Trinajstić information content (AvgIpc) is 3.25. The van der Waals surface area contributed by atoms with E-state index in [2.05, 4.69) is 10.6 Å². The first-order valence-electron chi connectivity index (χ1n) is 11.9. The lowest BCUT2D eigenvalue weighted by Crippen LogP contribution is -2.50. The molecule has 8 nitrogen and oxygen atoms in total. The fourth-order valence-electron chi connectivity index (χ4n) is 4.32. The highest BCUT2D eigenvalue weighted by atomic mass is 35.5. The van der Waals surface area contributed by atoms with Crippen molar-refractivity contribution in [1.82, 2.24) is 10.2 Å². The number of hydrogen-bond acceptors (Lipinski definition) is 4. The molecule has 0 radical (unpaired) electrons. The molecule has 1 aliphatic rings. The lowest BCUT2D eigenvalue weighted by atomic mass is 10.0. The van der Waals surface area contributed by atoms with Gasteiger partial charge in [-0.15, -0.1) is 0 Å². The van der Waals surface area contributed by atoms with Crippen molar-refractivity contribution in [3.8, 4) is 0 Å². The van der Waals surface area contributed by atoms with Crippen LogP contribution in [0.5, 0.6) is 0 Å². The number of benzene rings is 3. The Bertz CT molecular complexity index is 1330. The molecule has 3 amide bonds. The van der Waals surface area contributed by atoms with Crippen LogP contribution in [0.15, 0.2) is 72.8 Å². The molecular formula is C28H25Cl2N3O5. The second-order valence-electron chi connectivity index (χ2n) is 8.91. The molecule has 3 aromatic rings. The summed E-state index contributed by atoms with van der Waals surface area (Å²) in [4.78, 5) is 51.5. The van der Waals surface area contributed by atoms with Crippen LogP contribution in [-0.2, 0) is 27.3 Å². The maximum Gasteiger partial charge on any atom is 0.326 e. The monoisotopic (exact) mass is 553 g/mol. The van der Waals surface area contributed by atoms with Crippen molar-refractivity contribution in [2.45, 2.75) is 37.9 Å². The number of aliphatic carboxylic acids is 1. The van der Waals surface area contributed by atoms with Gasteiger partial charge in [-0.05, 0) is 41.8 Å². The van der Waals surface area contributed by atoms with Gasteiger partial charge in [-0.2, -0.15) is 0 Å². The highest BCUT2D eigenvalue weighted by Gasteiger charge is 2.37. The fraction of sp³-hybridized carbons (Fsp3) is 0.214. The Morgan fingerprint density at radius 2 is 1.58 bits per heavy atom. The predicted molar refractivity (Wildman–Crippen MR) is 144 cm³/mol. The van der Waals surface area contributed by atoms with E-state index in [1.807, 2.05) is 30.3 Å². The summed E-state index contributed by atoms with van der Waals surface area (Å²) in [5.74, 6) is -2.31. The third-order valence-corrected chi connectivity index (χ3v) is 6.91. The average molecular weight is 554 g/mol. The standard InChI is InChI=1S/C28H25Cl2N3O5/c29-20-7-4-8-21(30)25(20)27(36)31-19-11-9-17(10-12-19)15-22(28(37)38)32-26(35)23-13-14-24(34)33(23)16-18-5-2-1-3-6-18/h1-12,22-23H,13-16H2,(H,31,36)(H,32,35)(H,37,38)/t22-,23-/m0/s1. The van der Waals surface area contributed by atoms with Crippen LogP contribution in [0.3, 0.4) is 0 Å². The molecule has 38 heavy (non-hydrogen) atoms. The Kier molecular flexibility index (Phi) is 8.66. The summed E-state index contributed by atoms with van der Waals surface area (Å²) in [6.07, 6.45) is 0.577. The number of hydrogen-bond donors (Lipinski definition) is 3. The molecular weight excluding hydrogens is 529 g/mol. The number of amides is 3. The Hall–Kier alpha value is -3.88. The van der Waals surface area contributed by atoms with Gasteiger partial charge in [0, 0.05) is 25.1 Å². The molecule has 196 valence electrons. The van der Waals surface area contributed by atoms with Crippen LogP contribution in [0.4, 0.5) is 5.69 Å². The molecule has 0 bridgehead atoms. The number of carbonyl (C=O) groups excluding carboxylic acids is 3. The zero-order valence-corrected chi connectivity index (χ0v) is 21.7. The number of anilines is 1. The SMILES string of the molecule is O=C(Nc1ccc(C[C@H](NC(=O)[C@@H]2CCC(=O)N2Cc2ccccc2)C(=O)O)cc1)c1c(Cl)cccc1Cl. The number of likely N-dealkylation sites (tertiary alicyclic amines) is 1. The number of carboxylic acid groups (broad SMARTS) is 1. The van der Waals surface area contributed by atoms with Crippen molar-refractivity contribution in [1.29, 1.82) is 0 Å². The minimum absolute atomic E-state index is 0.0188. The van der Waals surface area contributed by atoms with Gasteiger partial charge >= 0.3 is 5.97 Å². The van der Waals surface area contributed by atoms with Gasteiger partial charge in [-0.3, -0.25) is 14.4 Å². The zero-order valence-electron chi connectivity index (χ0n) is 20.2. The zero-order chi connectivity index (χ0) is 27.2. The van der Waals surface area contributed by atoms with Crippen LogP contribution in [0.2, 0.25) is 10.0 Å². The molecule has 1 saturated heterocycles. The second-order valence-corrected chi connectivity index (χ2v) is 9.73. The second kappa shape index (κ2) is 12.1. The molecule has 0 spiro atoms. The number of halogens is 2. The van der Waals surface area contributed by atoms with Crippen LogP contribution < -0.4 is 10.6 Å². The Morgan fingerprint density at radius 3 is 2.21 bits per heavy atom. The third kappa shape index (κ3) is 6.51. The van der Waals surface area contributed by atoms with E-state index in [1.54, 1.807) is 42.5 Å². The highest BCUT2D eigenvalue weighted by molar-refractivity contribution is 6.40. The Labute approximate surface area is 229 Å². The summed E-state index contributed by atoms with van der Waals surface area (Å²) in [5.41, 5.74) is 2.14. The molecule has 1 heterocycles. The van der Waals surface area contributed by atoms with Gasteiger partial charge in [0.2, 0.25) is 11.8 Å². The molecule has 4 rings (SSSR count). The normalized spacial score (nSPS) is 15.7. The van der Waals surface area contributed by atoms with Gasteiger partial charge in [0.15, 0.2) is 0 Å². The van der Waals surface area contributed by atoms with Crippen LogP contribution in [0.1, 0.15) is 34.3 Å². The van der Waals surface area contributed by atoms with Gasteiger partial charge in [0.1, 0.15) is 12.1 Å². The Morgan fingerprint density at radius 1 is 0.921 bits per heavy atom. The van der Waals surface area contributed by atoms with Gasteiger partial charge in [0.05, 0.1) is 15.6 Å². The molecule has 1 aliphatic heterocycles. The minimum Gasteiger partial charge on any atom is -0.480 e. The van der Waals surface area contributed by atoms with Crippen molar-refractivity contribution in [3.63, 3.8) is 0 Å². The molecule has 3 aromatic carbocycles. The third-order valence-electron chi connectivity index (χ3n) is 6.28. The van der Waals surface area contributed by atoms with Crippen LogP contribution in [-0.4, -0.2) is 45.8 Å². The number of nitrogens with zero attached hydrogens (tertiary/aromatic N) is 1. The van der Waals surface area contributed by atoms with Crippen molar-refractivity contribution < 1.29 is 24.3 Å². The number of nitrogens with one attached hydrogen (secondary N) is 2. The van der Waals surface area contributed by atoms with E-state index in [0.29, 0.717) is 17.7 Å². The fourth-order valence-corrected chi connectivity index (χ4v) is 4.89. The first-order valence-corrected chi connectivity index (χ1v) is 12.7. The van der Waals surface area contributed by atoms with E-state index < -0.39 is 29.9 Å².